The van der Waals surface area contributed by atoms with Crippen LogP contribution >= 0.6 is 0 Å². The van der Waals surface area contributed by atoms with Gasteiger partial charge in [0.05, 0.1) is 18.4 Å². The number of aromatic nitrogens is 4. The molecule has 0 radical (unpaired) electrons. The normalized spacial score (nSPS) is 10.8. The first kappa shape index (κ1) is 16.1. The largest absolute Gasteiger partial charge is 0.439 e. The van der Waals surface area contributed by atoms with E-state index in [1.807, 2.05) is 55.6 Å². The monoisotopic (exact) mass is 345 g/mol. The topological polar surface area (TPSA) is 64.3 Å². The lowest BCUT2D eigenvalue weighted by molar-refractivity contribution is 0.463. The van der Waals surface area contributed by atoms with E-state index in [-0.39, 0.29) is 0 Å². The van der Waals surface area contributed by atoms with Gasteiger partial charge < -0.3 is 10.1 Å². The molecule has 26 heavy (non-hydrogen) atoms. The first-order chi connectivity index (χ1) is 12.7. The van der Waals surface area contributed by atoms with Crippen LogP contribution in [0.2, 0.25) is 0 Å². The predicted molar refractivity (Wildman–Crippen MR) is 101 cm³/mol. The van der Waals surface area contributed by atoms with Gasteiger partial charge in [0.25, 0.3) is 0 Å². The lowest BCUT2D eigenvalue weighted by Crippen LogP contribution is -2.05. The van der Waals surface area contributed by atoms with Crippen LogP contribution in [-0.4, -0.2) is 19.4 Å². The molecule has 0 amide bonds. The Morgan fingerprint density at radius 1 is 1.04 bits per heavy atom. The summed E-state index contributed by atoms with van der Waals surface area (Å²) < 4.78 is 7.84. The van der Waals surface area contributed by atoms with Gasteiger partial charge in [-0.15, -0.1) is 0 Å². The van der Waals surface area contributed by atoms with E-state index < -0.39 is 0 Å². The fourth-order valence-electron chi connectivity index (χ4n) is 2.91. The molecule has 0 aliphatic heterocycles. The highest BCUT2D eigenvalue weighted by atomic mass is 16.5. The molecule has 0 spiro atoms. The van der Waals surface area contributed by atoms with Crippen molar-refractivity contribution in [3.8, 4) is 11.6 Å². The Bertz CT molecular complexity index is 1040. The Balaban J connectivity index is 1.51. The Morgan fingerprint density at radius 2 is 1.96 bits per heavy atom. The van der Waals surface area contributed by atoms with Crippen molar-refractivity contribution in [1.29, 1.82) is 0 Å². The van der Waals surface area contributed by atoms with Crippen LogP contribution in [0.25, 0.3) is 5.78 Å². The molecule has 0 saturated carbocycles. The third kappa shape index (κ3) is 3.35. The summed E-state index contributed by atoms with van der Waals surface area (Å²) >= 11 is 0. The van der Waals surface area contributed by atoms with E-state index in [2.05, 4.69) is 37.7 Å². The summed E-state index contributed by atoms with van der Waals surface area (Å²) in [7, 11) is 0. The molecule has 4 aromatic rings. The lowest BCUT2D eigenvalue weighted by Gasteiger charge is -2.10. The van der Waals surface area contributed by atoms with Gasteiger partial charge in [0.1, 0.15) is 5.75 Å². The van der Waals surface area contributed by atoms with Gasteiger partial charge in [-0.1, -0.05) is 12.1 Å². The van der Waals surface area contributed by atoms with E-state index in [0.29, 0.717) is 12.4 Å². The Labute approximate surface area is 151 Å². The molecule has 0 unspecified atom stereocenters. The van der Waals surface area contributed by atoms with E-state index in [0.717, 1.165) is 34.3 Å². The van der Waals surface area contributed by atoms with Crippen LogP contribution in [0.3, 0.4) is 0 Å². The number of imidazole rings is 1. The molecule has 1 N–H and O–H groups in total. The highest BCUT2D eigenvalue weighted by Crippen LogP contribution is 2.23. The minimum Gasteiger partial charge on any atom is -0.439 e. The molecule has 0 saturated heterocycles. The second kappa shape index (κ2) is 6.84. The zero-order valence-electron chi connectivity index (χ0n) is 14.7. The summed E-state index contributed by atoms with van der Waals surface area (Å²) in [6.45, 7) is 4.68. The molecule has 4 rings (SSSR count). The molecule has 0 fully saturated rings. The highest BCUT2D eigenvalue weighted by Gasteiger charge is 2.08. The average Bonchev–Trinajstić information content (AvgIpc) is 3.04. The quantitative estimate of drug-likeness (QED) is 0.589. The maximum atomic E-state index is 5.78. The molecule has 130 valence electrons. The van der Waals surface area contributed by atoms with Crippen molar-refractivity contribution < 1.29 is 4.74 Å². The molecule has 1 aromatic carbocycles. The van der Waals surface area contributed by atoms with Gasteiger partial charge in [0, 0.05) is 35.4 Å². The first-order valence-electron chi connectivity index (χ1n) is 8.42. The molecular formula is C20H19N5O. The number of nitrogens with one attached hydrogen (secondary N) is 1. The summed E-state index contributed by atoms with van der Waals surface area (Å²) in [5, 5.41) is 3.42. The molecule has 6 nitrogen and oxygen atoms in total. The summed E-state index contributed by atoms with van der Waals surface area (Å²) in [5.74, 6) is 2.04. The second-order valence-electron chi connectivity index (χ2n) is 6.08. The van der Waals surface area contributed by atoms with E-state index in [4.69, 9.17) is 4.74 Å². The fourth-order valence-corrected chi connectivity index (χ4v) is 2.91. The van der Waals surface area contributed by atoms with Crippen molar-refractivity contribution in [2.45, 2.75) is 20.4 Å². The maximum absolute atomic E-state index is 5.78. The van der Waals surface area contributed by atoms with E-state index in [1.54, 1.807) is 6.20 Å². The number of aryl methyl sites for hydroxylation is 2. The zero-order chi connectivity index (χ0) is 17.9. The number of ether oxygens (including phenoxy) is 1. The molecular weight excluding hydrogens is 326 g/mol. The van der Waals surface area contributed by atoms with E-state index in [9.17, 15) is 0 Å². The maximum Gasteiger partial charge on any atom is 0.234 e. The fraction of sp³-hybridized carbons (Fsp3) is 0.150. The Morgan fingerprint density at radius 3 is 2.81 bits per heavy atom. The third-order valence-electron chi connectivity index (χ3n) is 4.03. The Kier molecular flexibility index (Phi) is 4.23. The van der Waals surface area contributed by atoms with Crippen LogP contribution < -0.4 is 10.1 Å². The number of pyridine rings is 1. The van der Waals surface area contributed by atoms with Crippen molar-refractivity contribution >= 4 is 11.5 Å². The van der Waals surface area contributed by atoms with Crippen LogP contribution in [-0.2, 0) is 6.54 Å². The summed E-state index contributed by atoms with van der Waals surface area (Å²) in [4.78, 5) is 13.1. The molecule has 0 bridgehead atoms. The van der Waals surface area contributed by atoms with Crippen LogP contribution in [0.4, 0.5) is 5.69 Å². The number of anilines is 1. The molecule has 0 atom stereocenters. The van der Waals surface area contributed by atoms with Crippen molar-refractivity contribution in [2.75, 3.05) is 5.32 Å². The molecule has 0 aliphatic carbocycles. The van der Waals surface area contributed by atoms with Crippen LogP contribution in [0.1, 0.15) is 17.1 Å². The van der Waals surface area contributed by atoms with Crippen LogP contribution in [0, 0.1) is 13.8 Å². The van der Waals surface area contributed by atoms with Gasteiger partial charge in [0.2, 0.25) is 11.7 Å². The van der Waals surface area contributed by atoms with Gasteiger partial charge in [-0.05, 0) is 38.1 Å². The smallest absolute Gasteiger partial charge is 0.234 e. The highest BCUT2D eigenvalue weighted by molar-refractivity contribution is 5.49. The van der Waals surface area contributed by atoms with Gasteiger partial charge in [0.15, 0.2) is 0 Å². The van der Waals surface area contributed by atoms with Crippen molar-refractivity contribution in [3.63, 3.8) is 0 Å². The minimum absolute atomic E-state index is 0.573. The van der Waals surface area contributed by atoms with Gasteiger partial charge in [-0.25, -0.2) is 15.0 Å². The van der Waals surface area contributed by atoms with Gasteiger partial charge >= 0.3 is 0 Å². The number of fused-ring (bicyclic) bond motifs is 1. The second-order valence-corrected chi connectivity index (χ2v) is 6.08. The number of benzene rings is 1. The predicted octanol–water partition coefficient (Wildman–Crippen LogP) is 4.15. The van der Waals surface area contributed by atoms with E-state index >= 15 is 0 Å². The first-order valence-corrected chi connectivity index (χ1v) is 8.42. The standard InChI is InChI=1S/C20H19N5O/c1-14-10-15(2)25-17(13-23-20(25)24-14)12-22-16-6-5-7-18(11-16)26-19-8-3-4-9-21-19/h3-11,13,22H,12H2,1-2H3. The number of hydrogen-bond acceptors (Lipinski definition) is 5. The molecule has 3 aromatic heterocycles. The minimum atomic E-state index is 0.573. The number of rotatable bonds is 5. The van der Waals surface area contributed by atoms with Gasteiger partial charge in [-0.3, -0.25) is 4.40 Å². The summed E-state index contributed by atoms with van der Waals surface area (Å²) in [5.41, 5.74) is 4.11. The lowest BCUT2D eigenvalue weighted by atomic mass is 10.3. The van der Waals surface area contributed by atoms with E-state index in [1.165, 1.54) is 0 Å². The van der Waals surface area contributed by atoms with Crippen molar-refractivity contribution in [2.24, 2.45) is 0 Å². The Hall–Kier alpha value is -3.41. The number of hydrogen-bond donors (Lipinski definition) is 1. The molecule has 3 heterocycles. The number of nitrogens with zero attached hydrogens (tertiary/aromatic N) is 4. The van der Waals surface area contributed by atoms with Crippen molar-refractivity contribution in [1.82, 2.24) is 19.4 Å². The van der Waals surface area contributed by atoms with Crippen LogP contribution in [0.15, 0.2) is 60.9 Å². The molecule has 0 aliphatic rings. The van der Waals surface area contributed by atoms with Gasteiger partial charge in [-0.2, -0.15) is 0 Å². The van der Waals surface area contributed by atoms with Crippen LogP contribution in [0.5, 0.6) is 11.6 Å². The zero-order valence-corrected chi connectivity index (χ0v) is 14.7. The summed E-state index contributed by atoms with van der Waals surface area (Å²) in [6, 6.07) is 15.5. The average molecular weight is 345 g/mol. The molecule has 6 heteroatoms. The summed E-state index contributed by atoms with van der Waals surface area (Å²) in [6.07, 6.45) is 3.57. The SMILES string of the molecule is Cc1cc(C)n2c(CNc3cccc(Oc4ccccn4)c3)cnc2n1. The third-order valence-corrected chi connectivity index (χ3v) is 4.03. The van der Waals surface area contributed by atoms with Crippen molar-refractivity contribution in [3.05, 3.63) is 78.0 Å².